The summed E-state index contributed by atoms with van der Waals surface area (Å²) in [6.45, 7) is 7.31. The van der Waals surface area contributed by atoms with Gasteiger partial charge in [-0.25, -0.2) is 0 Å². The summed E-state index contributed by atoms with van der Waals surface area (Å²) >= 11 is 1.82. The van der Waals surface area contributed by atoms with Crippen molar-refractivity contribution in [3.63, 3.8) is 0 Å². The number of nitrogens with zero attached hydrogens (tertiary/aromatic N) is 2. The Labute approximate surface area is 163 Å². The second kappa shape index (κ2) is 7.24. The molecule has 27 heavy (non-hydrogen) atoms. The molecule has 2 aliphatic rings. The molecule has 4 nitrogen and oxygen atoms in total. The first-order valence-corrected chi connectivity index (χ1v) is 10.1. The van der Waals surface area contributed by atoms with Crippen LogP contribution in [0.4, 0.5) is 5.69 Å². The molecule has 0 N–H and O–H groups in total. The van der Waals surface area contributed by atoms with Gasteiger partial charge in [-0.15, -0.1) is 11.8 Å². The van der Waals surface area contributed by atoms with E-state index in [2.05, 4.69) is 19.6 Å². The van der Waals surface area contributed by atoms with Gasteiger partial charge in [0.25, 0.3) is 5.91 Å². The maximum Gasteiger partial charge on any atom is 0.258 e. The van der Waals surface area contributed by atoms with E-state index in [4.69, 9.17) is 0 Å². The van der Waals surface area contributed by atoms with Crippen molar-refractivity contribution in [1.82, 2.24) is 4.90 Å². The van der Waals surface area contributed by atoms with Crippen LogP contribution in [0.2, 0.25) is 0 Å². The van der Waals surface area contributed by atoms with Crippen LogP contribution < -0.4 is 4.90 Å². The molecule has 0 bridgehead atoms. The van der Waals surface area contributed by atoms with Gasteiger partial charge in [0.2, 0.25) is 5.91 Å². The zero-order valence-corrected chi connectivity index (χ0v) is 16.2. The van der Waals surface area contributed by atoms with Crippen LogP contribution in [-0.2, 0) is 4.79 Å². The molecular weight excluding hydrogens is 356 g/mol. The van der Waals surface area contributed by atoms with Crippen LogP contribution in [-0.4, -0.2) is 35.1 Å². The summed E-state index contributed by atoms with van der Waals surface area (Å²) < 4.78 is 0. The van der Waals surface area contributed by atoms with Crippen LogP contribution in [0.15, 0.2) is 60.0 Å². The fourth-order valence-corrected chi connectivity index (χ4v) is 4.77. The number of hydrogen-bond acceptors (Lipinski definition) is 3. The van der Waals surface area contributed by atoms with Gasteiger partial charge in [0.1, 0.15) is 0 Å². The number of benzene rings is 2. The van der Waals surface area contributed by atoms with E-state index in [1.807, 2.05) is 59.1 Å². The minimum Gasteiger partial charge on any atom is -0.311 e. The van der Waals surface area contributed by atoms with Crippen molar-refractivity contribution in [3.8, 4) is 0 Å². The number of thioether (sulfide) groups is 1. The van der Waals surface area contributed by atoms with Crippen molar-refractivity contribution in [1.29, 1.82) is 0 Å². The third-order valence-electron chi connectivity index (χ3n) is 5.13. The quantitative estimate of drug-likeness (QED) is 0.794. The van der Waals surface area contributed by atoms with Gasteiger partial charge >= 0.3 is 0 Å². The summed E-state index contributed by atoms with van der Waals surface area (Å²) in [7, 11) is 0. The zero-order chi connectivity index (χ0) is 19.0. The first-order valence-electron chi connectivity index (χ1n) is 9.22. The van der Waals surface area contributed by atoms with Gasteiger partial charge in [0.05, 0.1) is 5.69 Å². The summed E-state index contributed by atoms with van der Waals surface area (Å²) in [6.07, 6.45) is 1.23. The highest BCUT2D eigenvalue weighted by Crippen LogP contribution is 2.37. The Kier molecular flexibility index (Phi) is 4.79. The van der Waals surface area contributed by atoms with Crippen LogP contribution >= 0.6 is 11.8 Å². The number of hydrogen-bond donors (Lipinski definition) is 0. The molecule has 0 radical (unpaired) electrons. The fraction of sp³-hybridized carbons (Fsp3) is 0.273. The largest absolute Gasteiger partial charge is 0.311 e. The zero-order valence-electron chi connectivity index (χ0n) is 15.4. The highest BCUT2D eigenvalue weighted by atomic mass is 32.2. The number of carbonyl (C=O) groups is 2. The van der Waals surface area contributed by atoms with Gasteiger partial charge in [0.15, 0.2) is 0 Å². The molecule has 2 aromatic rings. The number of rotatable bonds is 3. The Hall–Kier alpha value is -2.53. The van der Waals surface area contributed by atoms with Crippen LogP contribution in [0.25, 0.3) is 5.70 Å². The topological polar surface area (TPSA) is 40.6 Å². The molecule has 0 saturated heterocycles. The molecule has 0 aromatic heterocycles. The Morgan fingerprint density at radius 1 is 1.15 bits per heavy atom. The second-order valence-electron chi connectivity index (χ2n) is 6.93. The highest BCUT2D eigenvalue weighted by Gasteiger charge is 2.31. The van der Waals surface area contributed by atoms with Crippen molar-refractivity contribution in [2.24, 2.45) is 0 Å². The Balaban J connectivity index is 1.49. The molecule has 2 amide bonds. The molecule has 2 aromatic carbocycles. The summed E-state index contributed by atoms with van der Waals surface area (Å²) in [4.78, 5) is 30.3. The van der Waals surface area contributed by atoms with E-state index in [0.29, 0.717) is 29.6 Å². The first-order chi connectivity index (χ1) is 13.1. The highest BCUT2D eigenvalue weighted by molar-refractivity contribution is 8.00. The lowest BCUT2D eigenvalue weighted by molar-refractivity contribution is -0.118. The van der Waals surface area contributed by atoms with Gasteiger partial charge in [0, 0.05) is 46.5 Å². The lowest BCUT2D eigenvalue weighted by atomic mass is 10.1. The molecule has 0 unspecified atom stereocenters. The van der Waals surface area contributed by atoms with Crippen LogP contribution in [0, 0.1) is 0 Å². The minimum atomic E-state index is -0.0659. The molecule has 1 atom stereocenters. The van der Waals surface area contributed by atoms with Crippen molar-refractivity contribution in [2.45, 2.75) is 29.9 Å². The first kappa shape index (κ1) is 17.9. The Morgan fingerprint density at radius 3 is 2.63 bits per heavy atom. The molecule has 0 fully saturated rings. The monoisotopic (exact) mass is 378 g/mol. The van der Waals surface area contributed by atoms with Crippen LogP contribution in [0.1, 0.15) is 35.7 Å². The van der Waals surface area contributed by atoms with E-state index < -0.39 is 0 Å². The molecule has 138 valence electrons. The molecule has 5 heteroatoms. The summed E-state index contributed by atoms with van der Waals surface area (Å²) in [6, 6.07) is 15.5. The van der Waals surface area contributed by atoms with Gasteiger partial charge in [-0.2, -0.15) is 0 Å². The van der Waals surface area contributed by atoms with Gasteiger partial charge < -0.3 is 9.80 Å². The van der Waals surface area contributed by atoms with Gasteiger partial charge in [-0.05, 0) is 24.6 Å². The molecule has 2 aliphatic heterocycles. The Morgan fingerprint density at radius 2 is 1.85 bits per heavy atom. The van der Waals surface area contributed by atoms with Crippen molar-refractivity contribution in [2.75, 3.05) is 18.0 Å². The number of fused-ring (bicyclic) bond motifs is 2. The summed E-state index contributed by atoms with van der Waals surface area (Å²) in [5.74, 6) is -0.0162. The molecule has 2 heterocycles. The smallest absolute Gasteiger partial charge is 0.258 e. The molecule has 0 spiro atoms. The van der Waals surface area contributed by atoms with Gasteiger partial charge in [-0.1, -0.05) is 43.8 Å². The normalized spacial score (nSPS) is 18.9. The van der Waals surface area contributed by atoms with Crippen LogP contribution in [0.3, 0.4) is 0 Å². The number of carbonyl (C=O) groups excluding carboxylic acids is 2. The molecule has 0 saturated carbocycles. The second-order valence-corrected chi connectivity index (χ2v) is 8.41. The van der Waals surface area contributed by atoms with E-state index in [9.17, 15) is 9.59 Å². The summed E-state index contributed by atoms with van der Waals surface area (Å²) in [5.41, 5.74) is 3.19. The SMILES string of the molecule is C=C1c2ccccc2C(=O)N1CCC(=O)N1CC[C@H](C)Sc2ccccc21. The molecule has 4 rings (SSSR count). The van der Waals surface area contributed by atoms with E-state index >= 15 is 0 Å². The average molecular weight is 378 g/mol. The lowest BCUT2D eigenvalue weighted by Gasteiger charge is -2.24. The predicted molar refractivity (Wildman–Crippen MR) is 110 cm³/mol. The van der Waals surface area contributed by atoms with Crippen molar-refractivity contribution >= 4 is 35.0 Å². The maximum atomic E-state index is 13.0. The van der Waals surface area contributed by atoms with E-state index in [1.165, 1.54) is 0 Å². The standard InChI is InChI=1S/C22H22N2O2S/c1-15-11-13-24(19-9-5-6-10-20(19)27-15)21(25)12-14-23-16(2)17-7-3-4-8-18(17)22(23)26/h3-10,15H,2,11-14H2,1H3/t15-/m0/s1. The number of anilines is 1. The summed E-state index contributed by atoms with van der Waals surface area (Å²) in [5, 5.41) is 0.471. The van der Waals surface area contributed by atoms with Crippen LogP contribution in [0.5, 0.6) is 0 Å². The third kappa shape index (κ3) is 3.28. The van der Waals surface area contributed by atoms with E-state index in [0.717, 1.165) is 22.6 Å². The van der Waals surface area contributed by atoms with E-state index in [-0.39, 0.29) is 18.2 Å². The lowest BCUT2D eigenvalue weighted by Crippen LogP contribution is -2.35. The fourth-order valence-electron chi connectivity index (χ4n) is 3.66. The third-order valence-corrected chi connectivity index (χ3v) is 6.37. The maximum absolute atomic E-state index is 13.0. The molecular formula is C22H22N2O2S. The van der Waals surface area contributed by atoms with Crippen molar-refractivity contribution in [3.05, 3.63) is 66.2 Å². The minimum absolute atomic E-state index is 0.0497. The van der Waals surface area contributed by atoms with Gasteiger partial charge in [-0.3, -0.25) is 9.59 Å². The molecule has 0 aliphatic carbocycles. The average Bonchev–Trinajstić information content (AvgIpc) is 2.81. The Bertz CT molecular complexity index is 889. The number of amides is 2. The van der Waals surface area contributed by atoms with E-state index in [1.54, 1.807) is 4.90 Å². The predicted octanol–water partition coefficient (Wildman–Crippen LogP) is 4.42. The van der Waals surface area contributed by atoms with Crippen molar-refractivity contribution < 1.29 is 9.59 Å². The number of para-hydroxylation sites is 1.